The van der Waals surface area contributed by atoms with Crippen LogP contribution in [-0.2, 0) is 0 Å². The normalized spacial score (nSPS) is 15.9. The molecule has 0 amide bonds. The fourth-order valence-electron chi connectivity index (χ4n) is 2.87. The Morgan fingerprint density at radius 3 is 2.76 bits per heavy atom. The van der Waals surface area contributed by atoms with E-state index >= 15 is 0 Å². The second-order valence-corrected chi connectivity index (χ2v) is 6.78. The van der Waals surface area contributed by atoms with Crippen LogP contribution in [0.5, 0.6) is 0 Å². The van der Waals surface area contributed by atoms with Crippen LogP contribution >= 0.6 is 22.6 Å². The molecule has 1 saturated heterocycles. The van der Waals surface area contributed by atoms with E-state index in [0.29, 0.717) is 5.92 Å². The maximum Gasteiger partial charge on any atom is 0.293 e. The van der Waals surface area contributed by atoms with Crippen molar-refractivity contribution in [1.82, 2.24) is 5.32 Å². The first kappa shape index (κ1) is 16.5. The number of nitro groups is 1. The average Bonchev–Trinajstić information content (AvgIpc) is 2.48. The molecule has 2 rings (SSSR count). The first-order chi connectivity index (χ1) is 10.1. The number of hydrogen-bond donors (Lipinski definition) is 1. The number of nitrogens with one attached hydrogen (secondary N) is 1. The van der Waals surface area contributed by atoms with Gasteiger partial charge >= 0.3 is 0 Å². The highest BCUT2D eigenvalue weighted by molar-refractivity contribution is 14.1. The number of hydrogen-bond acceptors (Lipinski definition) is 4. The summed E-state index contributed by atoms with van der Waals surface area (Å²) in [5.41, 5.74) is 0.991. The van der Waals surface area contributed by atoms with Crippen LogP contribution in [-0.4, -0.2) is 31.1 Å². The lowest BCUT2D eigenvalue weighted by Gasteiger charge is -2.31. The SMILES string of the molecule is CCCN(CC1CCNCC1)c1ccc(I)cc1[N+](=O)[O-]. The van der Waals surface area contributed by atoms with E-state index in [1.807, 2.05) is 12.1 Å². The number of halogens is 1. The molecule has 6 heteroatoms. The molecular formula is C15H22IN3O2. The monoisotopic (exact) mass is 403 g/mol. The standard InChI is InChI=1S/C15H22IN3O2/c1-2-9-18(11-12-5-7-17-8-6-12)14-4-3-13(16)10-15(14)19(20)21/h3-4,10,12,17H,2,5-9,11H2,1H3. The molecule has 0 aliphatic carbocycles. The van der Waals surface area contributed by atoms with Crippen molar-refractivity contribution in [3.05, 3.63) is 31.9 Å². The molecule has 1 heterocycles. The number of rotatable bonds is 6. The summed E-state index contributed by atoms with van der Waals surface area (Å²) in [7, 11) is 0. The highest BCUT2D eigenvalue weighted by atomic mass is 127. The summed E-state index contributed by atoms with van der Waals surface area (Å²) in [6, 6.07) is 5.52. The summed E-state index contributed by atoms with van der Waals surface area (Å²) in [5.74, 6) is 0.622. The summed E-state index contributed by atoms with van der Waals surface area (Å²) in [5, 5.41) is 14.7. The highest BCUT2D eigenvalue weighted by Gasteiger charge is 2.23. The Kier molecular flexibility index (Phi) is 6.22. The largest absolute Gasteiger partial charge is 0.366 e. The fourth-order valence-corrected chi connectivity index (χ4v) is 3.34. The zero-order valence-electron chi connectivity index (χ0n) is 12.3. The van der Waals surface area contributed by atoms with Gasteiger partial charge in [0.2, 0.25) is 0 Å². The van der Waals surface area contributed by atoms with Crippen molar-refractivity contribution in [2.45, 2.75) is 26.2 Å². The third-order valence-corrected chi connectivity index (χ3v) is 4.58. The minimum atomic E-state index is -0.261. The van der Waals surface area contributed by atoms with Crippen molar-refractivity contribution >= 4 is 34.0 Å². The number of nitro benzene ring substituents is 1. The van der Waals surface area contributed by atoms with Gasteiger partial charge in [0.25, 0.3) is 5.69 Å². The van der Waals surface area contributed by atoms with Gasteiger partial charge in [0.15, 0.2) is 0 Å². The number of nitrogens with zero attached hydrogens (tertiary/aromatic N) is 2. The number of anilines is 1. The smallest absolute Gasteiger partial charge is 0.293 e. The first-order valence-electron chi connectivity index (χ1n) is 7.51. The van der Waals surface area contributed by atoms with Crippen molar-refractivity contribution in [3.8, 4) is 0 Å². The lowest BCUT2D eigenvalue weighted by atomic mass is 9.97. The molecule has 1 aliphatic heterocycles. The summed E-state index contributed by atoms with van der Waals surface area (Å²) in [6.07, 6.45) is 3.30. The van der Waals surface area contributed by atoms with Gasteiger partial charge in [-0.15, -0.1) is 0 Å². The van der Waals surface area contributed by atoms with E-state index in [-0.39, 0.29) is 10.6 Å². The van der Waals surface area contributed by atoms with Gasteiger partial charge in [0, 0.05) is 22.7 Å². The summed E-state index contributed by atoms with van der Waals surface area (Å²) in [6.45, 7) is 6.01. The van der Waals surface area contributed by atoms with Crippen LogP contribution in [0.4, 0.5) is 11.4 Å². The minimum absolute atomic E-state index is 0.226. The van der Waals surface area contributed by atoms with Gasteiger partial charge in [0.1, 0.15) is 5.69 Å². The number of benzene rings is 1. The maximum absolute atomic E-state index is 11.3. The lowest BCUT2D eigenvalue weighted by Crippen LogP contribution is -2.36. The highest BCUT2D eigenvalue weighted by Crippen LogP contribution is 2.31. The Bertz CT molecular complexity index is 490. The number of piperidine rings is 1. The van der Waals surface area contributed by atoms with Crippen LogP contribution < -0.4 is 10.2 Å². The van der Waals surface area contributed by atoms with Gasteiger partial charge < -0.3 is 10.2 Å². The summed E-state index contributed by atoms with van der Waals surface area (Å²) < 4.78 is 0.904. The van der Waals surface area contributed by atoms with E-state index in [0.717, 1.165) is 54.7 Å². The van der Waals surface area contributed by atoms with Crippen molar-refractivity contribution in [1.29, 1.82) is 0 Å². The van der Waals surface area contributed by atoms with E-state index in [1.54, 1.807) is 6.07 Å². The first-order valence-corrected chi connectivity index (χ1v) is 8.59. The van der Waals surface area contributed by atoms with Gasteiger partial charge in [-0.25, -0.2) is 0 Å². The zero-order valence-corrected chi connectivity index (χ0v) is 14.5. The Labute approximate surface area is 139 Å². The summed E-state index contributed by atoms with van der Waals surface area (Å²) in [4.78, 5) is 13.3. The average molecular weight is 403 g/mol. The molecular weight excluding hydrogens is 381 g/mol. The lowest BCUT2D eigenvalue weighted by molar-refractivity contribution is -0.384. The second-order valence-electron chi connectivity index (χ2n) is 5.53. The van der Waals surface area contributed by atoms with Crippen LogP contribution in [0, 0.1) is 19.6 Å². The molecule has 1 fully saturated rings. The minimum Gasteiger partial charge on any atom is -0.366 e. The van der Waals surface area contributed by atoms with E-state index in [9.17, 15) is 10.1 Å². The second kappa shape index (κ2) is 7.93. The van der Waals surface area contributed by atoms with Crippen molar-refractivity contribution in [2.75, 3.05) is 31.1 Å². The predicted octanol–water partition coefficient (Wildman–Crippen LogP) is 3.42. The topological polar surface area (TPSA) is 58.4 Å². The molecule has 1 aromatic carbocycles. The molecule has 0 saturated carbocycles. The van der Waals surface area contributed by atoms with E-state index < -0.39 is 0 Å². The van der Waals surface area contributed by atoms with E-state index in [4.69, 9.17) is 0 Å². The quantitative estimate of drug-likeness (QED) is 0.449. The molecule has 0 radical (unpaired) electrons. The summed E-state index contributed by atoms with van der Waals surface area (Å²) >= 11 is 2.12. The molecule has 0 unspecified atom stereocenters. The molecule has 1 aromatic rings. The van der Waals surface area contributed by atoms with E-state index in [2.05, 4.69) is 39.7 Å². The molecule has 0 atom stereocenters. The third kappa shape index (κ3) is 4.54. The molecule has 116 valence electrons. The van der Waals surface area contributed by atoms with Gasteiger partial charge in [-0.3, -0.25) is 10.1 Å². The molecule has 0 aromatic heterocycles. The molecule has 21 heavy (non-hydrogen) atoms. The van der Waals surface area contributed by atoms with Crippen molar-refractivity contribution < 1.29 is 4.92 Å². The Morgan fingerprint density at radius 1 is 1.43 bits per heavy atom. The van der Waals surface area contributed by atoms with Gasteiger partial charge in [-0.05, 0) is 73.0 Å². The third-order valence-electron chi connectivity index (χ3n) is 3.91. The van der Waals surface area contributed by atoms with Gasteiger partial charge in [0.05, 0.1) is 4.92 Å². The molecule has 0 bridgehead atoms. The van der Waals surface area contributed by atoms with Crippen LogP contribution in [0.3, 0.4) is 0 Å². The predicted molar refractivity (Wildman–Crippen MR) is 93.9 cm³/mol. The van der Waals surface area contributed by atoms with Crippen LogP contribution in [0.15, 0.2) is 18.2 Å². The van der Waals surface area contributed by atoms with Crippen LogP contribution in [0.25, 0.3) is 0 Å². The molecule has 0 spiro atoms. The van der Waals surface area contributed by atoms with Crippen molar-refractivity contribution in [2.24, 2.45) is 5.92 Å². The maximum atomic E-state index is 11.3. The molecule has 1 aliphatic rings. The van der Waals surface area contributed by atoms with Crippen LogP contribution in [0.1, 0.15) is 26.2 Å². The van der Waals surface area contributed by atoms with Gasteiger partial charge in [-0.1, -0.05) is 6.92 Å². The molecule has 5 nitrogen and oxygen atoms in total. The van der Waals surface area contributed by atoms with Gasteiger partial charge in [-0.2, -0.15) is 0 Å². The van der Waals surface area contributed by atoms with Crippen LogP contribution in [0.2, 0.25) is 0 Å². The fraction of sp³-hybridized carbons (Fsp3) is 0.600. The zero-order chi connectivity index (χ0) is 15.2. The van der Waals surface area contributed by atoms with Crippen molar-refractivity contribution in [3.63, 3.8) is 0 Å². The Balaban J connectivity index is 2.22. The Hall–Kier alpha value is -0.890. The Morgan fingerprint density at radius 2 is 2.14 bits per heavy atom. The molecule has 1 N–H and O–H groups in total. The van der Waals surface area contributed by atoms with E-state index in [1.165, 1.54) is 0 Å².